The van der Waals surface area contributed by atoms with Gasteiger partial charge in [-0.15, -0.1) is 0 Å². The van der Waals surface area contributed by atoms with Crippen LogP contribution < -0.4 is 0 Å². The van der Waals surface area contributed by atoms with Gasteiger partial charge in [0.05, 0.1) is 57.3 Å². The molecule has 0 saturated heterocycles. The summed E-state index contributed by atoms with van der Waals surface area (Å²) >= 11 is 0. The smallest absolute Gasteiger partial charge is 0.0745 e. The van der Waals surface area contributed by atoms with E-state index >= 15 is 0 Å². The number of hydrogen-bond donors (Lipinski definition) is 4. The fourth-order valence-electron chi connectivity index (χ4n) is 2.05. The average molecular weight is 368 g/mol. The molecule has 8 heteroatoms. The van der Waals surface area contributed by atoms with Gasteiger partial charge >= 0.3 is 0 Å². The molecule has 4 N–H and O–H groups in total. The molecule has 152 valence electrons. The van der Waals surface area contributed by atoms with Crippen molar-refractivity contribution in [3.05, 3.63) is 0 Å². The molecule has 0 aliphatic carbocycles. The number of ether oxygens (including phenoxy) is 4. The molecule has 0 aromatic heterocycles. The van der Waals surface area contributed by atoms with E-state index in [1.165, 1.54) is 0 Å². The quantitative estimate of drug-likeness (QED) is 0.241. The fourth-order valence-corrected chi connectivity index (χ4v) is 2.05. The Balaban J connectivity index is 4.73. The molecule has 25 heavy (non-hydrogen) atoms. The first-order chi connectivity index (χ1) is 12.0. The number of aliphatic hydroxyl groups excluding tert-OH is 4. The SMILES string of the molecule is CC(O)COCC(COCCCO)(COCCCO)COCC(C)O. The highest BCUT2D eigenvalue weighted by molar-refractivity contribution is 4.80. The van der Waals surface area contributed by atoms with Crippen molar-refractivity contribution in [2.24, 2.45) is 5.41 Å². The van der Waals surface area contributed by atoms with Crippen LogP contribution in [0, 0.1) is 5.41 Å². The lowest BCUT2D eigenvalue weighted by molar-refractivity contribution is -0.120. The van der Waals surface area contributed by atoms with Crippen molar-refractivity contribution in [3.8, 4) is 0 Å². The van der Waals surface area contributed by atoms with E-state index < -0.39 is 17.6 Å². The Hall–Kier alpha value is -0.320. The van der Waals surface area contributed by atoms with E-state index in [4.69, 9.17) is 29.2 Å². The lowest BCUT2D eigenvalue weighted by Gasteiger charge is -2.33. The van der Waals surface area contributed by atoms with Crippen LogP contribution in [-0.2, 0) is 18.9 Å². The highest BCUT2D eigenvalue weighted by atomic mass is 16.5. The molecule has 0 aliphatic rings. The maximum Gasteiger partial charge on any atom is 0.0745 e. The van der Waals surface area contributed by atoms with Gasteiger partial charge in [-0.05, 0) is 26.7 Å². The van der Waals surface area contributed by atoms with Gasteiger partial charge in [-0.2, -0.15) is 0 Å². The summed E-state index contributed by atoms with van der Waals surface area (Å²) in [6, 6.07) is 0. The molecule has 8 nitrogen and oxygen atoms in total. The van der Waals surface area contributed by atoms with E-state index in [1.807, 2.05) is 0 Å². The number of rotatable bonds is 18. The monoisotopic (exact) mass is 368 g/mol. The molecule has 0 aromatic carbocycles. The summed E-state index contributed by atoms with van der Waals surface area (Å²) in [6.07, 6.45) is -0.0990. The zero-order chi connectivity index (χ0) is 19.0. The van der Waals surface area contributed by atoms with Crippen LogP contribution >= 0.6 is 0 Å². The first kappa shape index (κ1) is 24.7. The van der Waals surface area contributed by atoms with E-state index in [9.17, 15) is 10.2 Å². The van der Waals surface area contributed by atoms with Crippen molar-refractivity contribution in [2.45, 2.75) is 38.9 Å². The Labute approximate surface area is 150 Å². The molecule has 0 radical (unpaired) electrons. The Kier molecular flexibility index (Phi) is 15.7. The lowest BCUT2D eigenvalue weighted by Crippen LogP contribution is -2.43. The standard InChI is InChI=1S/C17H36O8/c1-15(20)9-24-13-17(11-22-7-3-5-18,12-23-8-4-6-19)14-25-10-16(2)21/h15-16,18-21H,3-14H2,1-2H3. The molecule has 2 atom stereocenters. The second-order valence-electron chi connectivity index (χ2n) is 6.49. The second kappa shape index (κ2) is 15.9. The molecule has 0 bridgehead atoms. The Morgan fingerprint density at radius 3 is 1.36 bits per heavy atom. The zero-order valence-electron chi connectivity index (χ0n) is 15.6. The molecule has 0 saturated carbocycles. The number of hydrogen-bond acceptors (Lipinski definition) is 8. The number of aliphatic hydroxyl groups is 4. The van der Waals surface area contributed by atoms with Crippen LogP contribution in [-0.4, -0.2) is 98.7 Å². The maximum atomic E-state index is 9.38. The van der Waals surface area contributed by atoms with Crippen molar-refractivity contribution in [3.63, 3.8) is 0 Å². The zero-order valence-corrected chi connectivity index (χ0v) is 15.6. The summed E-state index contributed by atoms with van der Waals surface area (Å²) in [5, 5.41) is 36.5. The minimum absolute atomic E-state index is 0.0526. The first-order valence-corrected chi connectivity index (χ1v) is 8.84. The molecule has 0 spiro atoms. The molecule has 2 unspecified atom stereocenters. The summed E-state index contributed by atoms with van der Waals surface area (Å²) < 4.78 is 22.4. The summed E-state index contributed by atoms with van der Waals surface area (Å²) in [5.41, 5.74) is -0.602. The topological polar surface area (TPSA) is 118 Å². The van der Waals surface area contributed by atoms with Crippen molar-refractivity contribution in [1.29, 1.82) is 0 Å². The van der Waals surface area contributed by atoms with Crippen LogP contribution in [0.15, 0.2) is 0 Å². The third kappa shape index (κ3) is 14.5. The average Bonchev–Trinajstić information content (AvgIpc) is 2.55. The Morgan fingerprint density at radius 1 is 0.680 bits per heavy atom. The van der Waals surface area contributed by atoms with Gasteiger partial charge in [0.1, 0.15) is 0 Å². The van der Waals surface area contributed by atoms with E-state index in [0.717, 1.165) is 0 Å². The van der Waals surface area contributed by atoms with Crippen molar-refractivity contribution in [2.75, 3.05) is 66.1 Å². The highest BCUT2D eigenvalue weighted by Crippen LogP contribution is 2.21. The Bertz CT molecular complexity index is 258. The van der Waals surface area contributed by atoms with E-state index in [0.29, 0.717) is 39.3 Å². The van der Waals surface area contributed by atoms with Crippen LogP contribution in [0.5, 0.6) is 0 Å². The molecule has 0 rings (SSSR count). The summed E-state index contributed by atoms with van der Waals surface area (Å²) in [4.78, 5) is 0. The van der Waals surface area contributed by atoms with Gasteiger partial charge in [-0.1, -0.05) is 0 Å². The second-order valence-corrected chi connectivity index (χ2v) is 6.49. The molecule has 0 amide bonds. The molecular weight excluding hydrogens is 332 g/mol. The highest BCUT2D eigenvalue weighted by Gasteiger charge is 2.32. The minimum Gasteiger partial charge on any atom is -0.396 e. The summed E-state index contributed by atoms with van der Waals surface area (Å²) in [6.45, 7) is 5.68. The van der Waals surface area contributed by atoms with Crippen LogP contribution in [0.4, 0.5) is 0 Å². The van der Waals surface area contributed by atoms with Crippen molar-refractivity contribution in [1.82, 2.24) is 0 Å². The third-order valence-electron chi connectivity index (χ3n) is 3.24. The molecule has 0 fully saturated rings. The van der Waals surface area contributed by atoms with Gasteiger partial charge in [-0.25, -0.2) is 0 Å². The minimum atomic E-state index is -0.602. The van der Waals surface area contributed by atoms with E-state index in [-0.39, 0.29) is 39.6 Å². The molecular formula is C17H36O8. The normalized spacial score (nSPS) is 14.6. The van der Waals surface area contributed by atoms with E-state index in [2.05, 4.69) is 0 Å². The Morgan fingerprint density at radius 2 is 1.04 bits per heavy atom. The molecule has 0 heterocycles. The van der Waals surface area contributed by atoms with Crippen molar-refractivity contribution < 1.29 is 39.4 Å². The summed E-state index contributed by atoms with van der Waals surface area (Å²) in [5.74, 6) is 0. The van der Waals surface area contributed by atoms with Gasteiger partial charge in [0.2, 0.25) is 0 Å². The fraction of sp³-hybridized carbons (Fsp3) is 1.00. The van der Waals surface area contributed by atoms with Gasteiger partial charge < -0.3 is 39.4 Å². The van der Waals surface area contributed by atoms with Gasteiger partial charge in [-0.3, -0.25) is 0 Å². The van der Waals surface area contributed by atoms with Gasteiger partial charge in [0, 0.05) is 26.4 Å². The molecule has 0 aromatic rings. The summed E-state index contributed by atoms with van der Waals surface area (Å²) in [7, 11) is 0. The van der Waals surface area contributed by atoms with E-state index in [1.54, 1.807) is 13.8 Å². The van der Waals surface area contributed by atoms with Gasteiger partial charge in [0.25, 0.3) is 0 Å². The van der Waals surface area contributed by atoms with Crippen LogP contribution in [0.3, 0.4) is 0 Å². The van der Waals surface area contributed by atoms with Gasteiger partial charge in [0.15, 0.2) is 0 Å². The first-order valence-electron chi connectivity index (χ1n) is 8.84. The maximum absolute atomic E-state index is 9.38. The predicted molar refractivity (Wildman–Crippen MR) is 92.5 cm³/mol. The molecule has 0 aliphatic heterocycles. The van der Waals surface area contributed by atoms with Crippen LogP contribution in [0.1, 0.15) is 26.7 Å². The lowest BCUT2D eigenvalue weighted by atomic mass is 9.92. The van der Waals surface area contributed by atoms with Crippen molar-refractivity contribution >= 4 is 0 Å². The largest absolute Gasteiger partial charge is 0.396 e. The van der Waals surface area contributed by atoms with Crippen LogP contribution in [0.25, 0.3) is 0 Å². The predicted octanol–water partition coefficient (Wildman–Crippen LogP) is -0.434. The van der Waals surface area contributed by atoms with Crippen LogP contribution in [0.2, 0.25) is 0 Å². The third-order valence-corrected chi connectivity index (χ3v) is 3.24.